The highest BCUT2D eigenvalue weighted by atomic mass is 35.5. The maximum absolute atomic E-state index is 16.6. The third kappa shape index (κ3) is 4.62. The van der Waals surface area contributed by atoms with Crippen molar-refractivity contribution in [1.29, 1.82) is 5.26 Å². The average Bonchev–Trinajstić information content (AvgIpc) is 3.72. The van der Waals surface area contributed by atoms with Gasteiger partial charge in [0.25, 0.3) is 0 Å². The van der Waals surface area contributed by atoms with E-state index in [-0.39, 0.29) is 34.8 Å². The molecule has 0 saturated carbocycles. The molecule has 10 heteroatoms. The zero-order valence-electron chi connectivity index (χ0n) is 23.6. The van der Waals surface area contributed by atoms with E-state index in [1.54, 1.807) is 12.3 Å². The fourth-order valence-corrected chi connectivity index (χ4v) is 7.51. The molecule has 42 heavy (non-hydrogen) atoms. The van der Waals surface area contributed by atoms with E-state index in [0.29, 0.717) is 41.4 Å². The Bertz CT molecular complexity index is 1690. The molecule has 7 rings (SSSR count). The number of hydrogen-bond acceptors (Lipinski definition) is 8. The summed E-state index contributed by atoms with van der Waals surface area (Å²) in [6, 6.07) is 13.9. The second kappa shape index (κ2) is 10.9. The molecule has 2 atom stereocenters. The molecule has 3 saturated heterocycles. The number of nitrogens with one attached hydrogen (secondary N) is 1. The molecule has 8 nitrogen and oxygen atoms in total. The van der Waals surface area contributed by atoms with Crippen LogP contribution < -0.4 is 15.0 Å². The first kappa shape index (κ1) is 27.3. The Morgan fingerprint density at radius 3 is 2.76 bits per heavy atom. The van der Waals surface area contributed by atoms with Crippen LogP contribution in [0.4, 0.5) is 10.2 Å². The van der Waals surface area contributed by atoms with Gasteiger partial charge in [0.2, 0.25) is 0 Å². The number of ether oxygens (including phenoxy) is 1. The van der Waals surface area contributed by atoms with E-state index in [1.807, 2.05) is 42.3 Å². The molecule has 5 heterocycles. The van der Waals surface area contributed by atoms with Crippen LogP contribution in [0.2, 0.25) is 5.02 Å². The van der Waals surface area contributed by atoms with Gasteiger partial charge in [-0.3, -0.25) is 9.88 Å². The van der Waals surface area contributed by atoms with Crippen LogP contribution in [-0.2, 0) is 0 Å². The van der Waals surface area contributed by atoms with E-state index < -0.39 is 5.82 Å². The van der Waals surface area contributed by atoms with Gasteiger partial charge in [-0.1, -0.05) is 41.9 Å². The Kier molecular flexibility index (Phi) is 7.09. The number of likely N-dealkylation sites (N-methyl/N-ethyl adjacent to an activating group) is 1. The summed E-state index contributed by atoms with van der Waals surface area (Å²) in [5, 5.41) is 15.3. The van der Waals surface area contributed by atoms with E-state index >= 15 is 4.39 Å². The predicted molar refractivity (Wildman–Crippen MR) is 162 cm³/mol. The standard InChI is InChI=1S/C32H33ClFN7O/c1-40(22-16-21(10-13-35)36-17-22)30-24-18-37-28(23-8-2-6-20-7-3-9-25(33)26(20)23)27(34)29(24)38-31(39-30)42-19-32-11-4-14-41(32)15-5-12-32/h2-3,6-9,18,21-22,36H,4-5,10-12,14-17,19H2,1H3. The topological polar surface area (TPSA) is 90.2 Å². The van der Waals surface area contributed by atoms with E-state index in [9.17, 15) is 5.26 Å². The molecule has 0 aliphatic carbocycles. The minimum absolute atomic E-state index is 0.00588. The molecule has 0 bridgehead atoms. The van der Waals surface area contributed by atoms with Gasteiger partial charge < -0.3 is 15.0 Å². The summed E-state index contributed by atoms with van der Waals surface area (Å²) in [4.78, 5) is 18.7. The third-order valence-corrected chi connectivity index (χ3v) is 9.77. The molecule has 1 N–H and O–H groups in total. The Labute approximate surface area is 249 Å². The molecule has 0 spiro atoms. The SMILES string of the molecule is CN(c1nc(OCC23CCCN2CCC3)nc2c(F)c(-c3cccc4cccc(Cl)c34)ncc12)C1CNC(CC#N)C1. The number of hydrogen-bond donors (Lipinski definition) is 1. The van der Waals surface area contributed by atoms with Crippen LogP contribution in [0.5, 0.6) is 6.01 Å². The zero-order chi connectivity index (χ0) is 28.8. The number of nitriles is 1. The highest BCUT2D eigenvalue weighted by Crippen LogP contribution is 2.40. The van der Waals surface area contributed by atoms with Crippen LogP contribution in [0.15, 0.2) is 42.6 Å². The first-order valence-electron chi connectivity index (χ1n) is 14.7. The molecule has 3 aliphatic heterocycles. The molecule has 3 aliphatic rings. The predicted octanol–water partition coefficient (Wildman–Crippen LogP) is 5.73. The van der Waals surface area contributed by atoms with Crippen molar-refractivity contribution in [3.8, 4) is 23.3 Å². The van der Waals surface area contributed by atoms with Crippen LogP contribution in [0.25, 0.3) is 32.9 Å². The maximum Gasteiger partial charge on any atom is 0.319 e. The van der Waals surface area contributed by atoms with Gasteiger partial charge in [0, 0.05) is 47.8 Å². The van der Waals surface area contributed by atoms with E-state index in [1.165, 1.54) is 0 Å². The van der Waals surface area contributed by atoms with Crippen LogP contribution in [0.3, 0.4) is 0 Å². The average molecular weight is 586 g/mol. The highest BCUT2D eigenvalue weighted by molar-refractivity contribution is 6.36. The summed E-state index contributed by atoms with van der Waals surface area (Å²) in [5.41, 5.74) is 0.973. The van der Waals surface area contributed by atoms with Gasteiger partial charge in [0.15, 0.2) is 5.82 Å². The molecule has 0 amide bonds. The lowest BCUT2D eigenvalue weighted by Crippen LogP contribution is -2.43. The molecular weight excluding hydrogens is 553 g/mol. The highest BCUT2D eigenvalue weighted by Gasteiger charge is 2.45. The fraction of sp³-hybridized carbons (Fsp3) is 0.438. The van der Waals surface area contributed by atoms with Crippen LogP contribution in [-0.4, -0.2) is 70.8 Å². The van der Waals surface area contributed by atoms with E-state index in [2.05, 4.69) is 26.3 Å². The monoisotopic (exact) mass is 585 g/mol. The van der Waals surface area contributed by atoms with Crippen molar-refractivity contribution in [3.63, 3.8) is 0 Å². The minimum atomic E-state index is -0.532. The third-order valence-electron chi connectivity index (χ3n) is 9.45. The van der Waals surface area contributed by atoms with E-state index in [4.69, 9.17) is 21.3 Å². The minimum Gasteiger partial charge on any atom is -0.461 e. The second-order valence-corrected chi connectivity index (χ2v) is 12.2. The van der Waals surface area contributed by atoms with Crippen LogP contribution in [0, 0.1) is 17.1 Å². The van der Waals surface area contributed by atoms with Gasteiger partial charge in [-0.2, -0.15) is 15.2 Å². The summed E-state index contributed by atoms with van der Waals surface area (Å²) in [6.07, 6.45) is 7.37. The Morgan fingerprint density at radius 1 is 1.19 bits per heavy atom. The number of aromatic nitrogens is 3. The Balaban J connectivity index is 1.33. The number of rotatable bonds is 7. The Hall–Kier alpha value is -3.58. The molecule has 0 radical (unpaired) electrons. The van der Waals surface area contributed by atoms with E-state index in [0.717, 1.165) is 56.0 Å². The summed E-state index contributed by atoms with van der Waals surface area (Å²) >= 11 is 6.60. The molecule has 4 aromatic rings. The lowest BCUT2D eigenvalue weighted by molar-refractivity contribution is 0.108. The molecule has 2 aromatic heterocycles. The van der Waals surface area contributed by atoms with Gasteiger partial charge in [-0.05, 0) is 56.6 Å². The van der Waals surface area contributed by atoms with Crippen molar-refractivity contribution in [3.05, 3.63) is 53.4 Å². The van der Waals surface area contributed by atoms with Gasteiger partial charge >= 0.3 is 6.01 Å². The first-order valence-corrected chi connectivity index (χ1v) is 15.1. The van der Waals surface area contributed by atoms with Crippen molar-refractivity contribution in [2.24, 2.45) is 0 Å². The summed E-state index contributed by atoms with van der Waals surface area (Å²) < 4.78 is 23.0. The molecule has 2 unspecified atom stereocenters. The number of fused-ring (bicyclic) bond motifs is 3. The lowest BCUT2D eigenvalue weighted by atomic mass is 9.95. The quantitative estimate of drug-likeness (QED) is 0.294. The number of benzene rings is 2. The summed E-state index contributed by atoms with van der Waals surface area (Å²) in [5.74, 6) is 0.0377. The Morgan fingerprint density at radius 2 is 1.98 bits per heavy atom. The number of nitrogens with zero attached hydrogens (tertiary/aromatic N) is 6. The normalized spacial score (nSPS) is 21.6. The van der Waals surface area contributed by atoms with Crippen molar-refractivity contribution >= 4 is 39.1 Å². The largest absolute Gasteiger partial charge is 0.461 e. The van der Waals surface area contributed by atoms with Crippen LogP contribution >= 0.6 is 11.6 Å². The molecule has 2 aromatic carbocycles. The first-order chi connectivity index (χ1) is 20.5. The maximum atomic E-state index is 16.6. The summed E-state index contributed by atoms with van der Waals surface area (Å²) in [7, 11) is 1.96. The fourth-order valence-electron chi connectivity index (χ4n) is 7.23. The zero-order valence-corrected chi connectivity index (χ0v) is 24.4. The van der Waals surface area contributed by atoms with Crippen molar-refractivity contribution in [1.82, 2.24) is 25.2 Å². The smallest absolute Gasteiger partial charge is 0.319 e. The van der Waals surface area contributed by atoms with Gasteiger partial charge in [0.05, 0.1) is 23.4 Å². The van der Waals surface area contributed by atoms with Crippen molar-refractivity contribution in [2.75, 3.05) is 38.2 Å². The lowest BCUT2D eigenvalue weighted by Gasteiger charge is -2.31. The molecule has 216 valence electrons. The number of anilines is 1. The van der Waals surface area contributed by atoms with Crippen molar-refractivity contribution < 1.29 is 9.13 Å². The summed E-state index contributed by atoms with van der Waals surface area (Å²) in [6.45, 7) is 3.36. The van der Waals surface area contributed by atoms with Gasteiger partial charge in [0.1, 0.15) is 23.6 Å². The second-order valence-electron chi connectivity index (χ2n) is 11.8. The number of halogens is 2. The molecule has 3 fully saturated rings. The molecular formula is C32H33ClFN7O. The van der Waals surface area contributed by atoms with Crippen molar-refractivity contribution in [2.45, 2.75) is 56.1 Å². The van der Waals surface area contributed by atoms with Crippen LogP contribution in [0.1, 0.15) is 38.5 Å². The number of pyridine rings is 1. The van der Waals surface area contributed by atoms with Gasteiger partial charge in [-0.25, -0.2) is 4.39 Å². The van der Waals surface area contributed by atoms with Gasteiger partial charge in [-0.15, -0.1) is 0 Å².